The normalized spacial score (nSPS) is 24.0. The van der Waals surface area contributed by atoms with Crippen molar-refractivity contribution in [3.05, 3.63) is 89.5 Å². The van der Waals surface area contributed by atoms with Crippen molar-refractivity contribution < 1.29 is 28.6 Å². The maximum atomic E-state index is 14.0. The van der Waals surface area contributed by atoms with Crippen molar-refractivity contribution in [1.82, 2.24) is 0 Å². The van der Waals surface area contributed by atoms with Crippen LogP contribution < -0.4 is 19.1 Å². The molecule has 0 spiro atoms. The lowest BCUT2D eigenvalue weighted by atomic mass is 9.64. The molecule has 37 heavy (non-hydrogen) atoms. The molecular weight excluding hydrogens is 470 g/mol. The van der Waals surface area contributed by atoms with E-state index >= 15 is 0 Å². The number of carbonyl (C=O) groups is 3. The van der Waals surface area contributed by atoms with Gasteiger partial charge in [0.1, 0.15) is 17.2 Å². The molecule has 3 aromatic rings. The first-order valence-electron chi connectivity index (χ1n) is 12.1. The highest BCUT2D eigenvalue weighted by Gasteiger charge is 2.60. The standard InChI is InChI=1S/C30H25NO6/c1-16-4-13-21-23-15-22(17-5-9-19(35-2)10-6-17)25-27(26(23)30(34)37-24(21)14-16)29(33)31(28(25)32)18-7-11-20(36-3)12-8-18/h4-15,22,25-27H,1-3H3/t22-,25-,26-,27-/m0/s1. The van der Waals surface area contributed by atoms with E-state index in [1.807, 2.05) is 55.5 Å². The van der Waals surface area contributed by atoms with E-state index in [1.54, 1.807) is 38.5 Å². The number of nitrogens with zero attached hydrogens (tertiary/aromatic N) is 1. The molecule has 7 heteroatoms. The van der Waals surface area contributed by atoms with E-state index in [1.165, 1.54) is 4.90 Å². The van der Waals surface area contributed by atoms with Crippen LogP contribution in [0.3, 0.4) is 0 Å². The molecule has 4 atom stereocenters. The van der Waals surface area contributed by atoms with Gasteiger partial charge in [0.25, 0.3) is 0 Å². The maximum Gasteiger partial charge on any atom is 0.319 e. The third kappa shape index (κ3) is 3.53. The fourth-order valence-electron chi connectivity index (χ4n) is 5.81. The molecule has 1 saturated heterocycles. The second-order valence-electron chi connectivity index (χ2n) is 9.58. The summed E-state index contributed by atoms with van der Waals surface area (Å²) in [6, 6.07) is 20.0. The lowest BCUT2D eigenvalue weighted by Gasteiger charge is -2.38. The monoisotopic (exact) mass is 495 g/mol. The Balaban J connectivity index is 1.52. The number of methoxy groups -OCH3 is 2. The van der Waals surface area contributed by atoms with Gasteiger partial charge in [-0.05, 0) is 66.1 Å². The van der Waals surface area contributed by atoms with E-state index in [0.29, 0.717) is 22.9 Å². The van der Waals surface area contributed by atoms with Gasteiger partial charge in [0.15, 0.2) is 0 Å². The summed E-state index contributed by atoms with van der Waals surface area (Å²) in [5.74, 6) is -2.38. The van der Waals surface area contributed by atoms with Crippen molar-refractivity contribution in [2.24, 2.45) is 17.8 Å². The summed E-state index contributed by atoms with van der Waals surface area (Å²) in [5.41, 5.74) is 3.78. The van der Waals surface area contributed by atoms with Crippen LogP contribution in [0.25, 0.3) is 5.57 Å². The quantitative estimate of drug-likeness (QED) is 0.300. The first-order valence-corrected chi connectivity index (χ1v) is 12.1. The van der Waals surface area contributed by atoms with Crippen molar-refractivity contribution in [1.29, 1.82) is 0 Å². The van der Waals surface area contributed by atoms with Crippen molar-refractivity contribution in [3.63, 3.8) is 0 Å². The molecular formula is C30H25NO6. The van der Waals surface area contributed by atoms with Crippen LogP contribution in [0, 0.1) is 24.7 Å². The molecule has 1 fully saturated rings. The van der Waals surface area contributed by atoms with Crippen molar-refractivity contribution in [2.75, 3.05) is 19.1 Å². The van der Waals surface area contributed by atoms with Crippen LogP contribution in [0.15, 0.2) is 72.8 Å². The Hall–Kier alpha value is -4.39. The van der Waals surface area contributed by atoms with Gasteiger partial charge in [0, 0.05) is 11.5 Å². The molecule has 0 saturated carbocycles. The van der Waals surface area contributed by atoms with E-state index in [0.717, 1.165) is 22.3 Å². The van der Waals surface area contributed by atoms with E-state index < -0.39 is 35.5 Å². The van der Waals surface area contributed by atoms with Crippen molar-refractivity contribution in [3.8, 4) is 17.2 Å². The first-order chi connectivity index (χ1) is 17.9. The average molecular weight is 496 g/mol. The van der Waals surface area contributed by atoms with Crippen LogP contribution in [0.1, 0.15) is 22.6 Å². The Morgan fingerprint density at radius 1 is 0.784 bits per heavy atom. The van der Waals surface area contributed by atoms with Crippen molar-refractivity contribution in [2.45, 2.75) is 12.8 Å². The highest BCUT2D eigenvalue weighted by Crippen LogP contribution is 2.54. The molecule has 7 nitrogen and oxygen atoms in total. The number of amides is 2. The predicted molar refractivity (Wildman–Crippen MR) is 136 cm³/mol. The Kier molecular flexibility index (Phi) is 5.37. The molecule has 1 aliphatic carbocycles. The number of allylic oxidation sites excluding steroid dienone is 1. The number of imide groups is 1. The third-order valence-corrected chi connectivity index (χ3v) is 7.58. The first kappa shape index (κ1) is 23.0. The van der Waals surface area contributed by atoms with E-state index in [9.17, 15) is 14.4 Å². The van der Waals surface area contributed by atoms with Crippen LogP contribution in [-0.2, 0) is 14.4 Å². The van der Waals surface area contributed by atoms with E-state index in [2.05, 4.69) is 0 Å². The van der Waals surface area contributed by atoms with Crippen LogP contribution in [-0.4, -0.2) is 32.0 Å². The molecule has 0 bridgehead atoms. The fraction of sp³-hybridized carbons (Fsp3) is 0.233. The largest absolute Gasteiger partial charge is 0.497 e. The maximum absolute atomic E-state index is 14.0. The van der Waals surface area contributed by atoms with Gasteiger partial charge >= 0.3 is 5.97 Å². The lowest BCUT2D eigenvalue weighted by Crippen LogP contribution is -2.42. The number of hydrogen-bond acceptors (Lipinski definition) is 6. The van der Waals surface area contributed by atoms with Crippen molar-refractivity contribution >= 4 is 29.0 Å². The SMILES string of the molecule is COc1ccc([C@@H]2C=C3c4ccc(C)cc4OC(=O)[C@@H]3[C@H]3C(=O)N(c4ccc(OC)cc4)C(=O)[C@H]32)cc1. The summed E-state index contributed by atoms with van der Waals surface area (Å²) in [6.45, 7) is 1.93. The molecule has 0 aromatic heterocycles. The van der Waals surface area contributed by atoms with Crippen LogP contribution in [0.4, 0.5) is 5.69 Å². The minimum Gasteiger partial charge on any atom is -0.497 e. The smallest absolute Gasteiger partial charge is 0.319 e. The van der Waals surface area contributed by atoms with Gasteiger partial charge in [0.2, 0.25) is 11.8 Å². The Labute approximate surface area is 214 Å². The number of hydrogen-bond donors (Lipinski definition) is 0. The summed E-state index contributed by atoms with van der Waals surface area (Å²) >= 11 is 0. The molecule has 0 radical (unpaired) electrons. The van der Waals surface area contributed by atoms with Crippen LogP contribution in [0.5, 0.6) is 17.2 Å². The zero-order valence-electron chi connectivity index (χ0n) is 20.6. The highest BCUT2D eigenvalue weighted by molar-refractivity contribution is 6.24. The Morgan fingerprint density at radius 3 is 2.05 bits per heavy atom. The zero-order chi connectivity index (χ0) is 25.8. The number of benzene rings is 3. The summed E-state index contributed by atoms with van der Waals surface area (Å²) in [4.78, 5) is 42.5. The van der Waals surface area contributed by atoms with Gasteiger partial charge in [-0.15, -0.1) is 0 Å². The molecule has 6 rings (SSSR count). The second kappa shape index (κ2) is 8.62. The third-order valence-electron chi connectivity index (χ3n) is 7.58. The van der Waals surface area contributed by atoms with Gasteiger partial charge in [0.05, 0.1) is 37.7 Å². The van der Waals surface area contributed by atoms with Gasteiger partial charge in [-0.25, -0.2) is 4.90 Å². The second-order valence-corrected chi connectivity index (χ2v) is 9.58. The number of ether oxygens (including phenoxy) is 3. The average Bonchev–Trinajstić information content (AvgIpc) is 3.18. The van der Waals surface area contributed by atoms with Gasteiger partial charge < -0.3 is 14.2 Å². The molecule has 2 aliphatic heterocycles. The molecule has 0 unspecified atom stereocenters. The van der Waals surface area contributed by atoms with Gasteiger partial charge in [-0.3, -0.25) is 14.4 Å². The van der Waals surface area contributed by atoms with Crippen LogP contribution in [0.2, 0.25) is 0 Å². The molecule has 2 heterocycles. The molecule has 2 amide bonds. The highest BCUT2D eigenvalue weighted by atomic mass is 16.5. The summed E-state index contributed by atoms with van der Waals surface area (Å²) in [6.07, 6.45) is 1.98. The number of esters is 1. The Bertz CT molecular complexity index is 1460. The number of aryl methyl sites for hydroxylation is 1. The lowest BCUT2D eigenvalue weighted by molar-refractivity contribution is -0.142. The number of fused-ring (bicyclic) bond motifs is 5. The summed E-state index contributed by atoms with van der Waals surface area (Å²) < 4.78 is 16.3. The molecule has 3 aliphatic rings. The Morgan fingerprint density at radius 2 is 1.41 bits per heavy atom. The molecule has 186 valence electrons. The molecule has 3 aromatic carbocycles. The zero-order valence-corrected chi connectivity index (χ0v) is 20.6. The van der Waals surface area contributed by atoms with E-state index in [4.69, 9.17) is 14.2 Å². The van der Waals surface area contributed by atoms with E-state index in [-0.39, 0.29) is 5.91 Å². The number of rotatable bonds is 4. The molecule has 0 N–H and O–H groups in total. The number of carbonyl (C=O) groups excluding carboxylic acids is 3. The fourth-order valence-corrected chi connectivity index (χ4v) is 5.81. The topological polar surface area (TPSA) is 82.1 Å². The predicted octanol–water partition coefficient (Wildman–Crippen LogP) is 4.53. The minimum absolute atomic E-state index is 0.334. The summed E-state index contributed by atoms with van der Waals surface area (Å²) in [5, 5.41) is 0. The minimum atomic E-state index is -0.886. The number of anilines is 1. The van der Waals surface area contributed by atoms with Gasteiger partial charge in [-0.2, -0.15) is 0 Å². The van der Waals surface area contributed by atoms with Crippen LogP contribution >= 0.6 is 0 Å². The summed E-state index contributed by atoms with van der Waals surface area (Å²) in [7, 11) is 3.15. The van der Waals surface area contributed by atoms with Gasteiger partial charge in [-0.1, -0.05) is 30.3 Å².